The first-order chi connectivity index (χ1) is 13.8. The summed E-state index contributed by atoms with van der Waals surface area (Å²) >= 11 is 3.55. The molecule has 0 atom stereocenters. The van der Waals surface area contributed by atoms with Crippen LogP contribution < -0.4 is 5.32 Å². The molecule has 1 saturated heterocycles. The van der Waals surface area contributed by atoms with Crippen LogP contribution in [0, 0.1) is 13.8 Å². The third-order valence-electron chi connectivity index (χ3n) is 5.04. The van der Waals surface area contributed by atoms with Gasteiger partial charge in [-0.2, -0.15) is 5.10 Å². The first kappa shape index (κ1) is 21.5. The lowest BCUT2D eigenvalue weighted by Crippen LogP contribution is -2.51. The van der Waals surface area contributed by atoms with Crippen LogP contribution in [0.25, 0.3) is 5.69 Å². The van der Waals surface area contributed by atoms with E-state index in [1.165, 1.54) is 0 Å². The first-order valence-corrected chi connectivity index (χ1v) is 10.7. The van der Waals surface area contributed by atoms with Crippen molar-refractivity contribution in [2.24, 2.45) is 0 Å². The highest BCUT2D eigenvalue weighted by Crippen LogP contribution is 2.23. The predicted octanol–water partition coefficient (Wildman–Crippen LogP) is 2.53. The Hall–Kier alpha value is -2.19. The maximum Gasteiger partial charge on any atom is 0.253 e. The van der Waals surface area contributed by atoms with Crippen LogP contribution in [0.5, 0.6) is 0 Å². The summed E-state index contributed by atoms with van der Waals surface area (Å²) in [4.78, 5) is 28.7. The summed E-state index contributed by atoms with van der Waals surface area (Å²) in [6, 6.07) is 7.69. The number of benzene rings is 1. The van der Waals surface area contributed by atoms with E-state index in [0.29, 0.717) is 38.3 Å². The number of hydrogen-bond acceptors (Lipinski definition) is 4. The fourth-order valence-corrected chi connectivity index (χ4v) is 3.73. The number of aromatic nitrogens is 2. The molecule has 156 valence electrons. The van der Waals surface area contributed by atoms with Crippen molar-refractivity contribution in [2.45, 2.75) is 33.7 Å². The summed E-state index contributed by atoms with van der Waals surface area (Å²) in [7, 11) is 0. The molecule has 8 heteroatoms. The Morgan fingerprint density at radius 3 is 2.24 bits per heavy atom. The molecule has 0 bridgehead atoms. The zero-order valence-electron chi connectivity index (χ0n) is 17.4. The fraction of sp³-hybridized carbons (Fsp3) is 0.476. The van der Waals surface area contributed by atoms with Crippen molar-refractivity contribution in [1.29, 1.82) is 0 Å². The third-order valence-corrected chi connectivity index (χ3v) is 6.19. The number of hydrogen-bond donors (Lipinski definition) is 1. The van der Waals surface area contributed by atoms with E-state index < -0.39 is 0 Å². The van der Waals surface area contributed by atoms with Crippen LogP contribution >= 0.6 is 15.9 Å². The van der Waals surface area contributed by atoms with Crippen LogP contribution in [0.4, 0.5) is 0 Å². The van der Waals surface area contributed by atoms with E-state index in [-0.39, 0.29) is 17.9 Å². The number of aryl methyl sites for hydroxylation is 1. The molecule has 1 aliphatic rings. The minimum Gasteiger partial charge on any atom is -0.353 e. The van der Waals surface area contributed by atoms with Crippen molar-refractivity contribution in [3.63, 3.8) is 0 Å². The summed E-state index contributed by atoms with van der Waals surface area (Å²) < 4.78 is 2.87. The van der Waals surface area contributed by atoms with Crippen molar-refractivity contribution in [3.8, 4) is 5.69 Å². The molecule has 0 radical (unpaired) electrons. The van der Waals surface area contributed by atoms with E-state index in [9.17, 15) is 9.59 Å². The largest absolute Gasteiger partial charge is 0.353 e. The standard InChI is InChI=1S/C21H28BrN5O2/c1-14(2)23-19(28)13-25-9-11-26(12-10-25)21(29)17-5-7-18(8-6-17)27-16(4)20(22)15(3)24-27/h5-8,14H,9-13H2,1-4H3,(H,23,28). The van der Waals surface area contributed by atoms with Gasteiger partial charge in [0.15, 0.2) is 0 Å². The van der Waals surface area contributed by atoms with Gasteiger partial charge in [-0.3, -0.25) is 14.5 Å². The van der Waals surface area contributed by atoms with Gasteiger partial charge < -0.3 is 10.2 Å². The SMILES string of the molecule is Cc1nn(-c2ccc(C(=O)N3CCN(CC(=O)NC(C)C)CC3)cc2)c(C)c1Br. The maximum absolute atomic E-state index is 12.8. The van der Waals surface area contributed by atoms with Crippen molar-refractivity contribution in [1.82, 2.24) is 24.9 Å². The topological polar surface area (TPSA) is 70.5 Å². The lowest BCUT2D eigenvalue weighted by molar-refractivity contribution is -0.123. The number of carbonyl (C=O) groups excluding carboxylic acids is 2. The molecule has 0 spiro atoms. The van der Waals surface area contributed by atoms with E-state index in [1.807, 2.05) is 61.5 Å². The molecule has 1 aromatic carbocycles. The lowest BCUT2D eigenvalue weighted by atomic mass is 10.1. The normalized spacial score (nSPS) is 15.0. The highest BCUT2D eigenvalue weighted by Gasteiger charge is 2.23. The van der Waals surface area contributed by atoms with E-state index in [2.05, 4.69) is 31.2 Å². The zero-order chi connectivity index (χ0) is 21.1. The minimum atomic E-state index is 0.0254. The molecule has 2 aromatic rings. The number of halogens is 1. The van der Waals surface area contributed by atoms with Gasteiger partial charge in [-0.05, 0) is 67.9 Å². The molecule has 1 N–H and O–H groups in total. The molecule has 1 fully saturated rings. The molecule has 0 aliphatic carbocycles. The number of carbonyl (C=O) groups is 2. The molecular formula is C21H28BrN5O2. The van der Waals surface area contributed by atoms with Gasteiger partial charge >= 0.3 is 0 Å². The Kier molecular flexibility index (Phi) is 6.74. The number of nitrogens with zero attached hydrogens (tertiary/aromatic N) is 4. The van der Waals surface area contributed by atoms with Gasteiger partial charge in [-0.15, -0.1) is 0 Å². The Balaban J connectivity index is 1.59. The summed E-state index contributed by atoms with van der Waals surface area (Å²) in [5.41, 5.74) is 3.55. The van der Waals surface area contributed by atoms with Crippen molar-refractivity contribution < 1.29 is 9.59 Å². The van der Waals surface area contributed by atoms with Crippen LogP contribution in [0.1, 0.15) is 35.6 Å². The summed E-state index contributed by atoms with van der Waals surface area (Å²) in [5, 5.41) is 7.44. The highest BCUT2D eigenvalue weighted by molar-refractivity contribution is 9.10. The van der Waals surface area contributed by atoms with Gasteiger partial charge in [0.05, 0.1) is 28.1 Å². The van der Waals surface area contributed by atoms with E-state index in [0.717, 1.165) is 21.5 Å². The zero-order valence-corrected chi connectivity index (χ0v) is 19.0. The molecule has 7 nitrogen and oxygen atoms in total. The van der Waals surface area contributed by atoms with Gasteiger partial charge in [0.1, 0.15) is 0 Å². The highest BCUT2D eigenvalue weighted by atomic mass is 79.9. The van der Waals surface area contributed by atoms with Crippen molar-refractivity contribution in [2.75, 3.05) is 32.7 Å². The molecule has 2 heterocycles. The number of nitrogens with one attached hydrogen (secondary N) is 1. The quantitative estimate of drug-likeness (QED) is 0.742. The molecule has 0 saturated carbocycles. The monoisotopic (exact) mass is 461 g/mol. The van der Waals surface area contributed by atoms with Gasteiger partial charge in [0.2, 0.25) is 5.91 Å². The molecule has 29 heavy (non-hydrogen) atoms. The molecule has 1 aromatic heterocycles. The predicted molar refractivity (Wildman–Crippen MR) is 116 cm³/mol. The van der Waals surface area contributed by atoms with Gasteiger partial charge in [0, 0.05) is 37.8 Å². The first-order valence-electron chi connectivity index (χ1n) is 9.89. The molecule has 1 aliphatic heterocycles. The smallest absolute Gasteiger partial charge is 0.253 e. The van der Waals surface area contributed by atoms with E-state index in [4.69, 9.17) is 0 Å². The van der Waals surface area contributed by atoms with Crippen molar-refractivity contribution in [3.05, 3.63) is 45.7 Å². The van der Waals surface area contributed by atoms with E-state index >= 15 is 0 Å². The molecule has 2 amide bonds. The molecule has 0 unspecified atom stereocenters. The maximum atomic E-state index is 12.8. The summed E-state index contributed by atoms with van der Waals surface area (Å²) in [5.74, 6) is 0.0588. The summed E-state index contributed by atoms with van der Waals surface area (Å²) in [6.07, 6.45) is 0. The second kappa shape index (κ2) is 9.09. The molecular weight excluding hydrogens is 434 g/mol. The fourth-order valence-electron chi connectivity index (χ4n) is 3.48. The number of rotatable bonds is 5. The lowest BCUT2D eigenvalue weighted by Gasteiger charge is -2.34. The minimum absolute atomic E-state index is 0.0254. The Morgan fingerprint density at radius 1 is 1.10 bits per heavy atom. The van der Waals surface area contributed by atoms with Crippen LogP contribution in [0.3, 0.4) is 0 Å². The third kappa shape index (κ3) is 5.05. The van der Waals surface area contributed by atoms with Gasteiger partial charge in [-0.25, -0.2) is 4.68 Å². The number of amides is 2. The number of piperazine rings is 1. The van der Waals surface area contributed by atoms with Gasteiger partial charge in [0.25, 0.3) is 5.91 Å². The summed E-state index contributed by atoms with van der Waals surface area (Å²) in [6.45, 7) is 10.9. The van der Waals surface area contributed by atoms with Crippen LogP contribution in [0.2, 0.25) is 0 Å². The Labute approximate surface area is 180 Å². The average Bonchev–Trinajstić information content (AvgIpc) is 2.95. The Bertz CT molecular complexity index is 883. The van der Waals surface area contributed by atoms with Crippen LogP contribution in [-0.2, 0) is 4.79 Å². The van der Waals surface area contributed by atoms with E-state index in [1.54, 1.807) is 0 Å². The average molecular weight is 462 g/mol. The van der Waals surface area contributed by atoms with Gasteiger partial charge in [-0.1, -0.05) is 0 Å². The van der Waals surface area contributed by atoms with Crippen LogP contribution in [-0.4, -0.2) is 70.2 Å². The van der Waals surface area contributed by atoms with Crippen LogP contribution in [0.15, 0.2) is 28.7 Å². The second-order valence-electron chi connectivity index (χ2n) is 7.73. The van der Waals surface area contributed by atoms with Crippen molar-refractivity contribution >= 4 is 27.7 Å². The Morgan fingerprint density at radius 2 is 1.72 bits per heavy atom. The molecule has 3 rings (SSSR count). The second-order valence-corrected chi connectivity index (χ2v) is 8.53.